The second kappa shape index (κ2) is 5.60. The largest absolute Gasteiger partial charge is 0.489 e. The Bertz CT molecular complexity index is 501. The van der Waals surface area contributed by atoms with Crippen LogP contribution in [0, 0.1) is 0 Å². The molecule has 6 nitrogen and oxygen atoms in total. The highest BCUT2D eigenvalue weighted by Crippen LogP contribution is 2.31. The van der Waals surface area contributed by atoms with Gasteiger partial charge in [-0.25, -0.2) is 0 Å². The van der Waals surface area contributed by atoms with Crippen LogP contribution in [0.25, 0.3) is 0 Å². The van der Waals surface area contributed by atoms with Gasteiger partial charge in [0.05, 0.1) is 17.7 Å². The lowest BCUT2D eigenvalue weighted by molar-refractivity contribution is -0.137. The van der Waals surface area contributed by atoms with Gasteiger partial charge in [-0.2, -0.15) is 0 Å². The van der Waals surface area contributed by atoms with E-state index in [1.165, 1.54) is 4.90 Å². The summed E-state index contributed by atoms with van der Waals surface area (Å²) in [4.78, 5) is 24.2. The third-order valence-electron chi connectivity index (χ3n) is 2.92. The van der Waals surface area contributed by atoms with E-state index in [1.807, 2.05) is 6.07 Å². The maximum Gasteiger partial charge on any atom is 0.305 e. The third-order valence-corrected chi connectivity index (χ3v) is 2.92. The van der Waals surface area contributed by atoms with Crippen LogP contribution in [0.1, 0.15) is 16.8 Å². The van der Waals surface area contributed by atoms with Crippen LogP contribution >= 0.6 is 0 Å². The molecule has 0 radical (unpaired) electrons. The summed E-state index contributed by atoms with van der Waals surface area (Å²) >= 11 is 0. The first-order valence-corrected chi connectivity index (χ1v) is 6.06. The number of ether oxygens (including phenoxy) is 1. The second-order valence-corrected chi connectivity index (χ2v) is 4.33. The minimum Gasteiger partial charge on any atom is -0.489 e. The molecule has 1 amide bonds. The molecule has 0 saturated carbocycles. The van der Waals surface area contributed by atoms with Crippen molar-refractivity contribution in [3.63, 3.8) is 0 Å². The first kappa shape index (κ1) is 13.2. The monoisotopic (exact) mass is 264 g/mol. The number of carboxylic acid groups (broad SMARTS) is 1. The van der Waals surface area contributed by atoms with Gasteiger partial charge in [0.1, 0.15) is 6.61 Å². The van der Waals surface area contributed by atoms with E-state index in [4.69, 9.17) is 9.84 Å². The smallest absolute Gasteiger partial charge is 0.305 e. The fourth-order valence-corrected chi connectivity index (χ4v) is 1.91. The highest BCUT2D eigenvalue weighted by atomic mass is 16.5. The fourth-order valence-electron chi connectivity index (χ4n) is 1.91. The summed E-state index contributed by atoms with van der Waals surface area (Å²) in [5.74, 6) is -0.615. The van der Waals surface area contributed by atoms with E-state index in [0.717, 1.165) is 5.69 Å². The predicted octanol–water partition coefficient (Wildman–Crippen LogP) is 1.04. The van der Waals surface area contributed by atoms with Crippen molar-refractivity contribution >= 4 is 17.6 Å². The van der Waals surface area contributed by atoms with Crippen molar-refractivity contribution in [2.45, 2.75) is 6.42 Å². The Morgan fingerprint density at radius 3 is 3.00 bits per heavy atom. The average molecular weight is 264 g/mol. The van der Waals surface area contributed by atoms with Crippen molar-refractivity contribution in [3.8, 4) is 5.75 Å². The molecule has 1 aromatic rings. The Kier molecular flexibility index (Phi) is 3.89. The minimum absolute atomic E-state index is 0.0730. The van der Waals surface area contributed by atoms with Gasteiger partial charge in [0.15, 0.2) is 5.75 Å². The van der Waals surface area contributed by atoms with E-state index < -0.39 is 5.97 Å². The molecule has 0 spiro atoms. The Morgan fingerprint density at radius 1 is 1.47 bits per heavy atom. The number of hydrogen-bond donors (Lipinski definition) is 2. The number of fused-ring (bicyclic) bond motifs is 1. The summed E-state index contributed by atoms with van der Waals surface area (Å²) in [7, 11) is 1.58. The Hall–Kier alpha value is -2.24. The molecular weight excluding hydrogens is 248 g/mol. The third kappa shape index (κ3) is 2.96. The van der Waals surface area contributed by atoms with Gasteiger partial charge >= 0.3 is 5.97 Å². The zero-order valence-electron chi connectivity index (χ0n) is 10.7. The summed E-state index contributed by atoms with van der Waals surface area (Å²) in [6.07, 6.45) is -0.0730. The molecule has 2 rings (SSSR count). The van der Waals surface area contributed by atoms with E-state index in [2.05, 4.69) is 5.32 Å². The van der Waals surface area contributed by atoms with Crippen molar-refractivity contribution in [1.29, 1.82) is 0 Å². The number of amides is 1. The van der Waals surface area contributed by atoms with Crippen LogP contribution in [0.2, 0.25) is 0 Å². The molecule has 1 aromatic carbocycles. The second-order valence-electron chi connectivity index (χ2n) is 4.33. The van der Waals surface area contributed by atoms with Crippen molar-refractivity contribution < 1.29 is 19.4 Å². The maximum atomic E-state index is 12.3. The maximum absolute atomic E-state index is 12.3. The number of aliphatic carboxylic acids is 1. The highest BCUT2D eigenvalue weighted by molar-refractivity contribution is 5.99. The van der Waals surface area contributed by atoms with Gasteiger partial charge in [-0.1, -0.05) is 6.07 Å². The van der Waals surface area contributed by atoms with Crippen LogP contribution in [0.4, 0.5) is 5.69 Å². The molecule has 2 N–H and O–H groups in total. The summed E-state index contributed by atoms with van der Waals surface area (Å²) in [6, 6.07) is 5.31. The Balaban J connectivity index is 2.17. The van der Waals surface area contributed by atoms with Crippen LogP contribution in [0.3, 0.4) is 0 Å². The van der Waals surface area contributed by atoms with Gasteiger partial charge in [-0.05, 0) is 12.1 Å². The molecule has 1 aliphatic heterocycles. The highest BCUT2D eigenvalue weighted by Gasteiger charge is 2.21. The first-order valence-electron chi connectivity index (χ1n) is 6.06. The number of anilines is 1. The fraction of sp³-hybridized carbons (Fsp3) is 0.385. The van der Waals surface area contributed by atoms with Crippen molar-refractivity contribution in [3.05, 3.63) is 23.8 Å². The van der Waals surface area contributed by atoms with E-state index in [-0.39, 0.29) is 18.9 Å². The number of carbonyl (C=O) groups is 2. The molecule has 1 heterocycles. The summed E-state index contributed by atoms with van der Waals surface area (Å²) in [5, 5.41) is 11.8. The molecule has 0 aliphatic carbocycles. The lowest BCUT2D eigenvalue weighted by atomic mass is 10.1. The van der Waals surface area contributed by atoms with Gasteiger partial charge in [-0.15, -0.1) is 0 Å². The zero-order valence-corrected chi connectivity index (χ0v) is 10.7. The lowest BCUT2D eigenvalue weighted by Crippen LogP contribution is -2.30. The van der Waals surface area contributed by atoms with Gasteiger partial charge in [0, 0.05) is 20.1 Å². The number of benzene rings is 1. The zero-order chi connectivity index (χ0) is 13.8. The van der Waals surface area contributed by atoms with Gasteiger partial charge in [-0.3, -0.25) is 9.59 Å². The van der Waals surface area contributed by atoms with E-state index in [1.54, 1.807) is 19.2 Å². The number of rotatable bonds is 4. The Labute approximate surface area is 111 Å². The minimum atomic E-state index is -0.923. The van der Waals surface area contributed by atoms with E-state index >= 15 is 0 Å². The van der Waals surface area contributed by atoms with Crippen LogP contribution in [0.15, 0.2) is 18.2 Å². The number of nitrogens with zero attached hydrogens (tertiary/aromatic N) is 1. The van der Waals surface area contributed by atoms with Gasteiger partial charge in [0.2, 0.25) is 0 Å². The summed E-state index contributed by atoms with van der Waals surface area (Å²) in [5.41, 5.74) is 1.25. The normalized spacial score (nSPS) is 12.9. The molecule has 0 saturated heterocycles. The van der Waals surface area contributed by atoms with Crippen molar-refractivity contribution in [2.75, 3.05) is 32.1 Å². The van der Waals surface area contributed by atoms with Crippen LogP contribution < -0.4 is 10.1 Å². The molecule has 0 fully saturated rings. The van der Waals surface area contributed by atoms with Crippen molar-refractivity contribution in [1.82, 2.24) is 4.90 Å². The number of carbonyl (C=O) groups excluding carboxylic acids is 1. The molecule has 1 aliphatic rings. The van der Waals surface area contributed by atoms with E-state index in [0.29, 0.717) is 24.5 Å². The first-order chi connectivity index (χ1) is 9.09. The number of nitrogens with one attached hydrogen (secondary N) is 1. The summed E-state index contributed by atoms with van der Waals surface area (Å²) in [6.45, 7) is 1.39. The number of hydrogen-bond acceptors (Lipinski definition) is 4. The van der Waals surface area contributed by atoms with Gasteiger partial charge in [0.25, 0.3) is 5.91 Å². The van der Waals surface area contributed by atoms with Gasteiger partial charge < -0.3 is 20.1 Å². The number of para-hydroxylation sites is 1. The SMILES string of the molecule is CN(CCC(=O)O)C(=O)c1cccc2c1OCCN2. The molecule has 0 unspecified atom stereocenters. The molecule has 19 heavy (non-hydrogen) atoms. The molecule has 102 valence electrons. The topological polar surface area (TPSA) is 78.9 Å². The average Bonchev–Trinajstić information content (AvgIpc) is 2.43. The Morgan fingerprint density at radius 2 is 2.26 bits per heavy atom. The quantitative estimate of drug-likeness (QED) is 0.849. The van der Waals surface area contributed by atoms with Crippen LogP contribution in [-0.2, 0) is 4.79 Å². The summed E-state index contributed by atoms with van der Waals surface area (Å²) < 4.78 is 5.53. The standard InChI is InChI=1S/C13H16N2O4/c1-15(7-5-11(16)17)13(18)9-3-2-4-10-12(9)19-8-6-14-10/h2-4,14H,5-8H2,1H3,(H,16,17). The molecular formula is C13H16N2O4. The van der Waals surface area contributed by atoms with E-state index in [9.17, 15) is 9.59 Å². The molecule has 0 atom stereocenters. The molecule has 0 bridgehead atoms. The van der Waals surface area contributed by atoms with Crippen LogP contribution in [-0.4, -0.2) is 48.6 Å². The molecule has 0 aromatic heterocycles. The lowest BCUT2D eigenvalue weighted by Gasteiger charge is -2.23. The number of carboxylic acids is 1. The predicted molar refractivity (Wildman–Crippen MR) is 69.6 cm³/mol. The molecule has 6 heteroatoms. The van der Waals surface area contributed by atoms with Crippen LogP contribution in [0.5, 0.6) is 5.75 Å². The van der Waals surface area contributed by atoms with Crippen molar-refractivity contribution in [2.24, 2.45) is 0 Å².